The number of hydrogen-bond acceptors (Lipinski definition) is 3. The first-order valence-corrected chi connectivity index (χ1v) is 6.31. The maximum atomic E-state index is 12.3. The van der Waals surface area contributed by atoms with E-state index in [1.807, 2.05) is 0 Å². The van der Waals surface area contributed by atoms with Gasteiger partial charge in [0.25, 0.3) is 15.5 Å². The van der Waals surface area contributed by atoms with Crippen LogP contribution in [0.1, 0.15) is 12.1 Å². The van der Waals surface area contributed by atoms with E-state index in [1.54, 1.807) is 0 Å². The molecular weight excluding hydrogens is 303 g/mol. The number of alkyl halides is 2. The van der Waals surface area contributed by atoms with Crippen molar-refractivity contribution < 1.29 is 17.2 Å². The van der Waals surface area contributed by atoms with Crippen molar-refractivity contribution in [2.45, 2.75) is 11.3 Å². The van der Waals surface area contributed by atoms with Gasteiger partial charge in [0.05, 0.1) is 0 Å². The van der Waals surface area contributed by atoms with Crippen molar-refractivity contribution in [1.82, 2.24) is 4.98 Å². The molecule has 78 valence electrons. The number of nitrogens with zero attached hydrogens (tertiary/aromatic N) is 1. The summed E-state index contributed by atoms with van der Waals surface area (Å²) in [6, 6.07) is 1.22. The lowest BCUT2D eigenvalue weighted by Crippen LogP contribution is -2.02. The SMILES string of the molecule is O=S(=O)(Cl)c1c(Br)ccnc1C(F)F. The molecular formula is C6H3BrClF2NO2S. The van der Waals surface area contributed by atoms with Gasteiger partial charge in [-0.1, -0.05) is 0 Å². The Morgan fingerprint density at radius 2 is 2.07 bits per heavy atom. The van der Waals surface area contributed by atoms with Gasteiger partial charge in [0.2, 0.25) is 0 Å². The highest BCUT2D eigenvalue weighted by Gasteiger charge is 2.25. The Kier molecular flexibility index (Phi) is 3.44. The Hall–Kier alpha value is -0.270. The van der Waals surface area contributed by atoms with Crippen molar-refractivity contribution in [1.29, 1.82) is 0 Å². The van der Waals surface area contributed by atoms with Crippen LogP contribution in [0, 0.1) is 0 Å². The molecule has 0 saturated carbocycles. The van der Waals surface area contributed by atoms with Crippen LogP contribution in [-0.4, -0.2) is 13.4 Å². The molecule has 1 aromatic rings. The van der Waals surface area contributed by atoms with E-state index < -0.39 is 26.1 Å². The topological polar surface area (TPSA) is 47.0 Å². The Morgan fingerprint density at radius 1 is 1.50 bits per heavy atom. The fourth-order valence-corrected chi connectivity index (χ4v) is 3.26. The highest BCUT2D eigenvalue weighted by molar-refractivity contribution is 9.10. The molecule has 0 fully saturated rings. The maximum Gasteiger partial charge on any atom is 0.281 e. The number of pyridine rings is 1. The average Bonchev–Trinajstić information content (AvgIpc) is 2.01. The standard InChI is InChI=1S/C6H3BrClF2NO2S/c7-3-1-2-11-4(6(9)10)5(3)14(8,12)13/h1-2,6H. The van der Waals surface area contributed by atoms with Gasteiger partial charge in [0.1, 0.15) is 10.6 Å². The number of rotatable bonds is 2. The van der Waals surface area contributed by atoms with Crippen molar-refractivity contribution in [3.05, 3.63) is 22.4 Å². The first-order chi connectivity index (χ1) is 6.34. The summed E-state index contributed by atoms with van der Waals surface area (Å²) in [7, 11) is 0.756. The third-order valence-corrected chi connectivity index (χ3v) is 3.64. The van der Waals surface area contributed by atoms with Crippen LogP contribution < -0.4 is 0 Å². The van der Waals surface area contributed by atoms with Crippen LogP contribution in [0.2, 0.25) is 0 Å². The summed E-state index contributed by atoms with van der Waals surface area (Å²) in [5.41, 5.74) is -0.852. The van der Waals surface area contributed by atoms with Gasteiger partial charge in [0.15, 0.2) is 0 Å². The molecule has 0 atom stereocenters. The molecule has 0 bridgehead atoms. The lowest BCUT2D eigenvalue weighted by atomic mass is 10.4. The van der Waals surface area contributed by atoms with Crippen molar-refractivity contribution in [3.8, 4) is 0 Å². The highest BCUT2D eigenvalue weighted by atomic mass is 79.9. The van der Waals surface area contributed by atoms with E-state index >= 15 is 0 Å². The summed E-state index contributed by atoms with van der Waals surface area (Å²) in [6.45, 7) is 0. The molecule has 3 nitrogen and oxygen atoms in total. The van der Waals surface area contributed by atoms with E-state index in [1.165, 1.54) is 6.07 Å². The minimum absolute atomic E-state index is 0.0298. The fraction of sp³-hybridized carbons (Fsp3) is 0.167. The van der Waals surface area contributed by atoms with Crippen LogP contribution in [0.5, 0.6) is 0 Å². The monoisotopic (exact) mass is 305 g/mol. The first-order valence-electron chi connectivity index (χ1n) is 3.21. The van der Waals surface area contributed by atoms with Crippen molar-refractivity contribution in [3.63, 3.8) is 0 Å². The highest BCUT2D eigenvalue weighted by Crippen LogP contribution is 2.32. The Bertz CT molecular complexity index is 451. The number of hydrogen-bond donors (Lipinski definition) is 0. The molecule has 0 saturated heterocycles. The van der Waals surface area contributed by atoms with Crippen LogP contribution >= 0.6 is 26.6 Å². The summed E-state index contributed by atoms with van der Waals surface area (Å²) in [4.78, 5) is 2.58. The third kappa shape index (κ3) is 2.40. The van der Waals surface area contributed by atoms with Crippen LogP contribution in [-0.2, 0) is 9.05 Å². The molecule has 0 spiro atoms. The van der Waals surface area contributed by atoms with E-state index in [-0.39, 0.29) is 4.47 Å². The molecule has 0 aromatic carbocycles. The Balaban J connectivity index is 3.54. The normalized spacial score (nSPS) is 12.1. The summed E-state index contributed by atoms with van der Waals surface area (Å²) in [6.07, 6.45) is -1.92. The van der Waals surface area contributed by atoms with Crippen LogP contribution in [0.15, 0.2) is 21.6 Å². The summed E-state index contributed by atoms with van der Waals surface area (Å²) in [5.74, 6) is 0. The van der Waals surface area contributed by atoms with Gasteiger partial charge in [-0.15, -0.1) is 0 Å². The Morgan fingerprint density at radius 3 is 2.43 bits per heavy atom. The molecule has 8 heteroatoms. The zero-order valence-electron chi connectivity index (χ0n) is 6.42. The molecule has 0 radical (unpaired) electrons. The molecule has 0 aliphatic heterocycles. The van der Waals surface area contributed by atoms with Crippen molar-refractivity contribution in [2.24, 2.45) is 0 Å². The van der Waals surface area contributed by atoms with Crippen LogP contribution in [0.3, 0.4) is 0 Å². The summed E-state index contributed by atoms with van der Waals surface area (Å²) in [5, 5.41) is 0. The number of aromatic nitrogens is 1. The molecule has 1 aromatic heterocycles. The average molecular weight is 307 g/mol. The predicted octanol–water partition coefficient (Wildman–Crippen LogP) is 2.71. The largest absolute Gasteiger partial charge is 0.281 e. The summed E-state index contributed by atoms with van der Waals surface area (Å²) < 4.78 is 46.5. The van der Waals surface area contributed by atoms with Gasteiger partial charge in [-0.05, 0) is 22.0 Å². The lowest BCUT2D eigenvalue weighted by molar-refractivity contribution is 0.142. The second kappa shape index (κ2) is 4.08. The quantitative estimate of drug-likeness (QED) is 0.789. The van der Waals surface area contributed by atoms with E-state index in [4.69, 9.17) is 10.7 Å². The maximum absolute atomic E-state index is 12.3. The summed E-state index contributed by atoms with van der Waals surface area (Å²) >= 11 is 2.81. The second-order valence-electron chi connectivity index (χ2n) is 2.25. The van der Waals surface area contributed by atoms with E-state index in [0.717, 1.165) is 6.20 Å². The van der Waals surface area contributed by atoms with E-state index in [9.17, 15) is 17.2 Å². The molecule has 0 N–H and O–H groups in total. The first kappa shape index (κ1) is 11.8. The van der Waals surface area contributed by atoms with Crippen LogP contribution in [0.4, 0.5) is 8.78 Å². The van der Waals surface area contributed by atoms with Crippen molar-refractivity contribution >= 4 is 35.7 Å². The van der Waals surface area contributed by atoms with Gasteiger partial charge in [0, 0.05) is 21.4 Å². The molecule has 0 aliphatic carbocycles. The predicted molar refractivity (Wildman–Crippen MR) is 49.9 cm³/mol. The fourth-order valence-electron chi connectivity index (χ4n) is 0.836. The Labute approximate surface area is 91.6 Å². The minimum Gasteiger partial charge on any atom is -0.254 e. The third-order valence-electron chi connectivity index (χ3n) is 1.33. The smallest absolute Gasteiger partial charge is 0.254 e. The second-order valence-corrected chi connectivity index (χ2v) is 5.60. The molecule has 0 unspecified atom stereocenters. The van der Waals surface area contributed by atoms with E-state index in [0.29, 0.717) is 0 Å². The molecule has 1 heterocycles. The van der Waals surface area contributed by atoms with E-state index in [2.05, 4.69) is 20.9 Å². The van der Waals surface area contributed by atoms with Gasteiger partial charge in [-0.2, -0.15) is 0 Å². The molecule has 1 rings (SSSR count). The molecule has 14 heavy (non-hydrogen) atoms. The minimum atomic E-state index is -4.23. The lowest BCUT2D eigenvalue weighted by Gasteiger charge is -2.05. The van der Waals surface area contributed by atoms with Gasteiger partial charge in [-0.25, -0.2) is 17.2 Å². The zero-order chi connectivity index (χ0) is 10.9. The van der Waals surface area contributed by atoms with Crippen molar-refractivity contribution in [2.75, 3.05) is 0 Å². The van der Waals surface area contributed by atoms with Gasteiger partial charge >= 0.3 is 0 Å². The van der Waals surface area contributed by atoms with Gasteiger partial charge < -0.3 is 0 Å². The molecule has 0 amide bonds. The number of halogens is 4. The van der Waals surface area contributed by atoms with Gasteiger partial charge in [-0.3, -0.25) is 4.98 Å². The molecule has 0 aliphatic rings. The zero-order valence-corrected chi connectivity index (χ0v) is 9.57. The van der Waals surface area contributed by atoms with Crippen LogP contribution in [0.25, 0.3) is 0 Å².